The number of hydrogen-bond donors (Lipinski definition) is 2. The number of fused-ring (bicyclic) bond motifs is 2. The predicted octanol–water partition coefficient (Wildman–Crippen LogP) is 0.593. The van der Waals surface area contributed by atoms with E-state index in [1.165, 1.54) is 0 Å². The van der Waals surface area contributed by atoms with Crippen molar-refractivity contribution >= 4 is 11.9 Å². The third kappa shape index (κ3) is 1.56. The maximum atomic E-state index is 12.6. The third-order valence-electron chi connectivity index (χ3n) is 4.99. The molecule has 3 heterocycles. The lowest BCUT2D eigenvalue weighted by atomic mass is 9.87. The summed E-state index contributed by atoms with van der Waals surface area (Å²) < 4.78 is 0. The molecule has 3 aliphatic heterocycles. The standard InChI is InChI=1S/C13H20N2O3/c1-13(12(17)18)5-2-6-15(13)11(16)9-7-8-3-4-10(9)14-8/h8-10,14H,2-7H2,1H3,(H,17,18). The fraction of sp³-hybridized carbons (Fsp3) is 0.846. The SMILES string of the molecule is CC1(C(=O)O)CCCN1C(=O)C1CC2CCC1N2. The summed E-state index contributed by atoms with van der Waals surface area (Å²) in [6.45, 7) is 2.27. The van der Waals surface area contributed by atoms with E-state index < -0.39 is 11.5 Å². The first-order valence-corrected chi connectivity index (χ1v) is 6.83. The van der Waals surface area contributed by atoms with Crippen LogP contribution in [0.4, 0.5) is 0 Å². The number of aliphatic carboxylic acids is 1. The average molecular weight is 252 g/mol. The minimum atomic E-state index is -0.987. The van der Waals surface area contributed by atoms with Crippen LogP contribution in [0.15, 0.2) is 0 Å². The number of rotatable bonds is 2. The van der Waals surface area contributed by atoms with Crippen LogP contribution >= 0.6 is 0 Å². The maximum Gasteiger partial charge on any atom is 0.329 e. The van der Waals surface area contributed by atoms with Crippen LogP contribution in [-0.2, 0) is 9.59 Å². The van der Waals surface area contributed by atoms with Crippen molar-refractivity contribution in [2.75, 3.05) is 6.54 Å². The number of carbonyl (C=O) groups excluding carboxylic acids is 1. The zero-order valence-corrected chi connectivity index (χ0v) is 10.7. The highest BCUT2D eigenvalue weighted by atomic mass is 16.4. The lowest BCUT2D eigenvalue weighted by Gasteiger charge is -2.34. The molecule has 0 saturated carbocycles. The van der Waals surface area contributed by atoms with E-state index in [0.717, 1.165) is 25.7 Å². The molecule has 3 fully saturated rings. The molecule has 3 saturated heterocycles. The van der Waals surface area contributed by atoms with E-state index in [2.05, 4.69) is 5.32 Å². The van der Waals surface area contributed by atoms with Crippen LogP contribution in [0.3, 0.4) is 0 Å². The van der Waals surface area contributed by atoms with E-state index in [1.807, 2.05) is 0 Å². The summed E-state index contributed by atoms with van der Waals surface area (Å²) in [6, 6.07) is 0.754. The molecule has 5 heteroatoms. The summed E-state index contributed by atoms with van der Waals surface area (Å²) in [5, 5.41) is 12.8. The Morgan fingerprint density at radius 3 is 2.72 bits per heavy atom. The molecule has 2 N–H and O–H groups in total. The highest BCUT2D eigenvalue weighted by molar-refractivity contribution is 5.89. The second-order valence-electron chi connectivity index (χ2n) is 6.06. The maximum absolute atomic E-state index is 12.6. The summed E-state index contributed by atoms with van der Waals surface area (Å²) >= 11 is 0. The van der Waals surface area contributed by atoms with Gasteiger partial charge < -0.3 is 15.3 Å². The quantitative estimate of drug-likeness (QED) is 0.755. The van der Waals surface area contributed by atoms with Gasteiger partial charge in [0, 0.05) is 18.6 Å². The minimum absolute atomic E-state index is 0.000486. The molecule has 5 nitrogen and oxygen atoms in total. The van der Waals surface area contributed by atoms with Gasteiger partial charge in [-0.05, 0) is 39.0 Å². The Bertz CT molecular complexity index is 398. The molecule has 0 aromatic rings. The number of amides is 1. The molecule has 100 valence electrons. The van der Waals surface area contributed by atoms with Gasteiger partial charge in [0.2, 0.25) is 5.91 Å². The van der Waals surface area contributed by atoms with Gasteiger partial charge in [-0.15, -0.1) is 0 Å². The fourth-order valence-corrected chi connectivity index (χ4v) is 3.84. The molecule has 0 aliphatic carbocycles. The molecule has 2 bridgehead atoms. The van der Waals surface area contributed by atoms with Crippen LogP contribution in [0.25, 0.3) is 0 Å². The van der Waals surface area contributed by atoms with Crippen molar-refractivity contribution in [1.82, 2.24) is 10.2 Å². The number of carboxylic acids is 1. The van der Waals surface area contributed by atoms with Crippen LogP contribution in [0.5, 0.6) is 0 Å². The van der Waals surface area contributed by atoms with Crippen LogP contribution in [0.2, 0.25) is 0 Å². The van der Waals surface area contributed by atoms with Gasteiger partial charge in [0.15, 0.2) is 0 Å². The minimum Gasteiger partial charge on any atom is -0.480 e. The van der Waals surface area contributed by atoms with Gasteiger partial charge in [0.1, 0.15) is 5.54 Å². The van der Waals surface area contributed by atoms with Gasteiger partial charge in [-0.1, -0.05) is 0 Å². The van der Waals surface area contributed by atoms with Gasteiger partial charge in [-0.25, -0.2) is 4.79 Å². The lowest BCUT2D eigenvalue weighted by Crippen LogP contribution is -2.53. The van der Waals surface area contributed by atoms with E-state index in [1.54, 1.807) is 11.8 Å². The highest BCUT2D eigenvalue weighted by Gasteiger charge is 2.51. The lowest BCUT2D eigenvalue weighted by molar-refractivity contribution is -0.157. The van der Waals surface area contributed by atoms with E-state index in [9.17, 15) is 14.7 Å². The molecule has 3 rings (SSSR count). The van der Waals surface area contributed by atoms with Crippen molar-refractivity contribution < 1.29 is 14.7 Å². The van der Waals surface area contributed by atoms with Gasteiger partial charge in [-0.2, -0.15) is 0 Å². The Kier molecular flexibility index (Phi) is 2.62. The first-order valence-electron chi connectivity index (χ1n) is 6.83. The first-order chi connectivity index (χ1) is 8.52. The Balaban J connectivity index is 1.78. The summed E-state index contributed by atoms with van der Waals surface area (Å²) in [6.07, 6.45) is 4.46. The number of carboxylic acid groups (broad SMARTS) is 1. The molecule has 0 aromatic heterocycles. The third-order valence-corrected chi connectivity index (χ3v) is 4.99. The zero-order valence-electron chi connectivity index (χ0n) is 10.7. The molecule has 4 unspecified atom stereocenters. The smallest absolute Gasteiger partial charge is 0.329 e. The first kappa shape index (κ1) is 12.0. The zero-order chi connectivity index (χ0) is 12.9. The predicted molar refractivity (Wildman–Crippen MR) is 65.0 cm³/mol. The van der Waals surface area contributed by atoms with Crippen LogP contribution < -0.4 is 5.32 Å². The number of hydrogen-bond acceptors (Lipinski definition) is 3. The monoisotopic (exact) mass is 252 g/mol. The van der Waals surface area contributed by atoms with Crippen molar-refractivity contribution in [3.05, 3.63) is 0 Å². The molecule has 0 radical (unpaired) electrons. The summed E-state index contributed by atoms with van der Waals surface area (Å²) in [5.41, 5.74) is -0.987. The number of carbonyl (C=O) groups is 2. The molecule has 1 amide bonds. The molecule has 4 atom stereocenters. The van der Waals surface area contributed by atoms with Crippen molar-refractivity contribution in [3.63, 3.8) is 0 Å². The number of nitrogens with one attached hydrogen (secondary N) is 1. The molecular formula is C13H20N2O3. The molecule has 0 aromatic carbocycles. The second-order valence-corrected chi connectivity index (χ2v) is 6.06. The van der Waals surface area contributed by atoms with Crippen LogP contribution in [-0.4, -0.2) is 46.1 Å². The van der Waals surface area contributed by atoms with Gasteiger partial charge in [-0.3, -0.25) is 4.79 Å². The van der Waals surface area contributed by atoms with Crippen molar-refractivity contribution in [3.8, 4) is 0 Å². The Morgan fingerprint density at radius 1 is 1.39 bits per heavy atom. The number of nitrogens with zero attached hydrogens (tertiary/aromatic N) is 1. The molecule has 18 heavy (non-hydrogen) atoms. The number of likely N-dealkylation sites (tertiary alicyclic amines) is 1. The Labute approximate surface area is 107 Å². The fourth-order valence-electron chi connectivity index (χ4n) is 3.84. The van der Waals surface area contributed by atoms with E-state index in [4.69, 9.17) is 0 Å². The van der Waals surface area contributed by atoms with Gasteiger partial charge >= 0.3 is 5.97 Å². The van der Waals surface area contributed by atoms with E-state index in [-0.39, 0.29) is 17.9 Å². The topological polar surface area (TPSA) is 69.6 Å². The average Bonchev–Trinajstić information content (AvgIpc) is 3.02. The van der Waals surface area contributed by atoms with E-state index in [0.29, 0.717) is 19.0 Å². The Morgan fingerprint density at radius 2 is 2.17 bits per heavy atom. The molecular weight excluding hydrogens is 232 g/mol. The van der Waals surface area contributed by atoms with E-state index >= 15 is 0 Å². The van der Waals surface area contributed by atoms with Crippen molar-refractivity contribution in [2.24, 2.45) is 5.92 Å². The van der Waals surface area contributed by atoms with Gasteiger partial charge in [0.05, 0.1) is 5.92 Å². The second kappa shape index (κ2) is 3.95. The summed E-state index contributed by atoms with van der Waals surface area (Å²) in [5.74, 6) is -0.818. The van der Waals surface area contributed by atoms with Crippen molar-refractivity contribution in [1.29, 1.82) is 0 Å². The normalized spacial score (nSPS) is 42.5. The summed E-state index contributed by atoms with van der Waals surface area (Å²) in [7, 11) is 0. The van der Waals surface area contributed by atoms with Crippen molar-refractivity contribution in [2.45, 2.75) is 56.7 Å². The molecule has 0 spiro atoms. The molecule has 3 aliphatic rings. The van der Waals surface area contributed by atoms with Crippen LogP contribution in [0, 0.1) is 5.92 Å². The van der Waals surface area contributed by atoms with Gasteiger partial charge in [0.25, 0.3) is 0 Å². The highest BCUT2D eigenvalue weighted by Crippen LogP contribution is 2.38. The van der Waals surface area contributed by atoms with Crippen LogP contribution in [0.1, 0.15) is 39.0 Å². The largest absolute Gasteiger partial charge is 0.480 e. The summed E-state index contributed by atoms with van der Waals surface area (Å²) in [4.78, 5) is 25.6. The Hall–Kier alpha value is -1.10.